The van der Waals surface area contributed by atoms with Crippen LogP contribution < -0.4 is 20.7 Å². The first-order chi connectivity index (χ1) is 16.4. The lowest BCUT2D eigenvalue weighted by Crippen LogP contribution is -2.09. The summed E-state index contributed by atoms with van der Waals surface area (Å²) in [5.41, 5.74) is 0.0552. The largest absolute Gasteiger partial charge is 0.493 e. The fraction of sp³-hybridized carbons (Fsp3) is 0.0385. The molecule has 0 aliphatic carbocycles. The maximum Gasteiger partial charge on any atom is 0.344 e. The molecule has 0 N–H and O–H groups in total. The number of rotatable bonds is 4. The van der Waals surface area contributed by atoms with Crippen molar-refractivity contribution < 1.29 is 23.1 Å². The van der Waals surface area contributed by atoms with Gasteiger partial charge >= 0.3 is 17.2 Å². The second kappa shape index (κ2) is 8.64. The van der Waals surface area contributed by atoms with E-state index < -0.39 is 17.2 Å². The Kier molecular flexibility index (Phi) is 5.51. The highest BCUT2D eigenvalue weighted by molar-refractivity contribution is 9.10. The minimum absolute atomic E-state index is 0.157. The van der Waals surface area contributed by atoms with Crippen molar-refractivity contribution in [2.24, 2.45) is 0 Å². The van der Waals surface area contributed by atoms with Gasteiger partial charge in [-0.15, -0.1) is 0 Å². The van der Waals surface area contributed by atoms with E-state index in [1.165, 1.54) is 19.2 Å². The molecule has 0 unspecified atom stereocenters. The van der Waals surface area contributed by atoms with E-state index in [4.69, 9.17) is 18.3 Å². The molecule has 5 rings (SSSR count). The third-order valence-corrected chi connectivity index (χ3v) is 5.95. The van der Waals surface area contributed by atoms with Crippen molar-refractivity contribution >= 4 is 43.8 Å². The number of carbonyl (C=O) groups excluding carboxylic acids is 1. The number of hydrogen-bond donors (Lipinski definition) is 0. The van der Waals surface area contributed by atoms with Gasteiger partial charge in [-0.05, 0) is 52.3 Å². The van der Waals surface area contributed by atoms with E-state index in [2.05, 4.69) is 15.9 Å². The maximum atomic E-state index is 12.8. The van der Waals surface area contributed by atoms with Crippen molar-refractivity contribution in [3.8, 4) is 22.6 Å². The molecule has 0 aliphatic heterocycles. The summed E-state index contributed by atoms with van der Waals surface area (Å²) in [4.78, 5) is 37.7. The zero-order valence-electron chi connectivity index (χ0n) is 17.7. The van der Waals surface area contributed by atoms with Crippen LogP contribution in [0.2, 0.25) is 0 Å². The lowest BCUT2D eigenvalue weighted by atomic mass is 10.0. The van der Waals surface area contributed by atoms with Gasteiger partial charge in [0.2, 0.25) is 0 Å². The van der Waals surface area contributed by atoms with Crippen molar-refractivity contribution in [2.75, 3.05) is 7.11 Å². The molecular formula is C26H15BrO7. The third kappa shape index (κ3) is 3.88. The molecule has 0 spiro atoms. The van der Waals surface area contributed by atoms with Crippen molar-refractivity contribution in [1.29, 1.82) is 0 Å². The molecule has 0 saturated heterocycles. The van der Waals surface area contributed by atoms with Crippen LogP contribution in [0.15, 0.2) is 95.7 Å². The van der Waals surface area contributed by atoms with Gasteiger partial charge in [-0.3, -0.25) is 0 Å². The molecule has 0 radical (unpaired) electrons. The highest BCUT2D eigenvalue weighted by atomic mass is 79.9. The van der Waals surface area contributed by atoms with E-state index in [-0.39, 0.29) is 16.9 Å². The van der Waals surface area contributed by atoms with E-state index >= 15 is 0 Å². The Morgan fingerprint density at radius 2 is 1.71 bits per heavy atom. The summed E-state index contributed by atoms with van der Waals surface area (Å²) >= 11 is 3.32. The number of benzene rings is 3. The van der Waals surface area contributed by atoms with Crippen LogP contribution in [-0.2, 0) is 0 Å². The zero-order chi connectivity index (χ0) is 23.8. The summed E-state index contributed by atoms with van der Waals surface area (Å²) < 4.78 is 22.1. The maximum absolute atomic E-state index is 12.8. The van der Waals surface area contributed by atoms with Crippen molar-refractivity contribution in [2.45, 2.75) is 0 Å². The Morgan fingerprint density at radius 1 is 0.882 bits per heavy atom. The summed E-state index contributed by atoms with van der Waals surface area (Å²) in [6.45, 7) is 0. The zero-order valence-corrected chi connectivity index (χ0v) is 19.2. The number of halogens is 1. The Hall–Kier alpha value is -4.17. The first-order valence-corrected chi connectivity index (χ1v) is 10.9. The lowest BCUT2D eigenvalue weighted by Gasteiger charge is -2.09. The molecule has 0 atom stereocenters. The molecule has 5 aromatic rings. The predicted molar refractivity (Wildman–Crippen MR) is 130 cm³/mol. The van der Waals surface area contributed by atoms with Crippen LogP contribution in [0.4, 0.5) is 0 Å². The summed E-state index contributed by atoms with van der Waals surface area (Å²) in [6, 6.07) is 19.6. The molecule has 7 nitrogen and oxygen atoms in total. The fourth-order valence-corrected chi connectivity index (χ4v) is 4.13. The molecule has 0 aliphatic rings. The number of para-hydroxylation sites is 1. The molecule has 0 bridgehead atoms. The Balaban J connectivity index is 1.61. The van der Waals surface area contributed by atoms with Crippen molar-refractivity contribution in [3.63, 3.8) is 0 Å². The molecular weight excluding hydrogens is 504 g/mol. The molecule has 8 heteroatoms. The Labute approximate surface area is 200 Å². The number of esters is 1. The average Bonchev–Trinajstić information content (AvgIpc) is 2.82. The van der Waals surface area contributed by atoms with Crippen LogP contribution in [0, 0.1) is 0 Å². The minimum Gasteiger partial charge on any atom is -0.493 e. The highest BCUT2D eigenvalue weighted by Crippen LogP contribution is 2.32. The first kappa shape index (κ1) is 21.7. The van der Waals surface area contributed by atoms with E-state index in [9.17, 15) is 14.4 Å². The summed E-state index contributed by atoms with van der Waals surface area (Å²) in [6.07, 6.45) is 0. The number of carbonyl (C=O) groups is 1. The van der Waals surface area contributed by atoms with Gasteiger partial charge in [-0.1, -0.05) is 24.3 Å². The SMILES string of the molecule is COc1cccc2cc(-c3cc(=O)oc4cc(OC(=O)c5ccccc5Br)ccc34)c(=O)oc12. The van der Waals surface area contributed by atoms with Crippen LogP contribution in [-0.4, -0.2) is 13.1 Å². The topological polar surface area (TPSA) is 96.0 Å². The Morgan fingerprint density at radius 3 is 2.50 bits per heavy atom. The Bertz CT molecular complexity index is 1700. The molecule has 168 valence electrons. The van der Waals surface area contributed by atoms with Crippen LogP contribution in [0.1, 0.15) is 10.4 Å². The molecule has 0 amide bonds. The second-order valence-corrected chi connectivity index (χ2v) is 8.19. The highest BCUT2D eigenvalue weighted by Gasteiger charge is 2.17. The molecule has 3 aromatic carbocycles. The third-order valence-electron chi connectivity index (χ3n) is 5.25. The van der Waals surface area contributed by atoms with Gasteiger partial charge in [-0.25, -0.2) is 14.4 Å². The smallest absolute Gasteiger partial charge is 0.344 e. The molecule has 0 fully saturated rings. The van der Waals surface area contributed by atoms with E-state index in [1.807, 2.05) is 0 Å². The second-order valence-electron chi connectivity index (χ2n) is 7.33. The van der Waals surface area contributed by atoms with Gasteiger partial charge in [0.05, 0.1) is 18.2 Å². The predicted octanol–water partition coefficient (Wildman–Crippen LogP) is 5.56. The van der Waals surface area contributed by atoms with Crippen LogP contribution in [0.3, 0.4) is 0 Å². The number of ether oxygens (including phenoxy) is 2. The van der Waals surface area contributed by atoms with Crippen molar-refractivity contribution in [3.05, 3.63) is 104 Å². The number of fused-ring (bicyclic) bond motifs is 2. The fourth-order valence-electron chi connectivity index (χ4n) is 3.68. The standard InChI is InChI=1S/C26H15BrO7/c1-31-21-8-4-5-14-11-19(26(30)34-24(14)21)18-13-23(28)33-22-12-15(9-10-16(18)22)32-25(29)17-6-2-3-7-20(17)27/h2-13H,1H3. The van der Waals surface area contributed by atoms with E-state index in [0.717, 1.165) is 0 Å². The van der Waals surface area contributed by atoms with Crippen LogP contribution >= 0.6 is 15.9 Å². The molecule has 0 saturated carbocycles. The molecule has 2 aromatic heterocycles. The summed E-state index contributed by atoms with van der Waals surface area (Å²) in [5, 5.41) is 1.11. The van der Waals surface area contributed by atoms with Gasteiger partial charge in [0, 0.05) is 32.9 Å². The normalized spacial score (nSPS) is 11.0. The molecule has 34 heavy (non-hydrogen) atoms. The number of methoxy groups -OCH3 is 1. The van der Waals surface area contributed by atoms with E-state index in [1.54, 1.807) is 60.7 Å². The van der Waals surface area contributed by atoms with E-state index in [0.29, 0.717) is 37.7 Å². The van der Waals surface area contributed by atoms with Gasteiger partial charge in [0.15, 0.2) is 11.3 Å². The monoisotopic (exact) mass is 518 g/mol. The quantitative estimate of drug-likeness (QED) is 0.174. The van der Waals surface area contributed by atoms with Crippen molar-refractivity contribution in [1.82, 2.24) is 0 Å². The lowest BCUT2D eigenvalue weighted by molar-refractivity contribution is 0.0734. The molecule has 2 heterocycles. The number of hydrogen-bond acceptors (Lipinski definition) is 7. The van der Waals surface area contributed by atoms with Crippen LogP contribution in [0.5, 0.6) is 11.5 Å². The van der Waals surface area contributed by atoms with Gasteiger partial charge in [-0.2, -0.15) is 0 Å². The first-order valence-electron chi connectivity index (χ1n) is 10.1. The van der Waals surface area contributed by atoms with Gasteiger partial charge in [0.1, 0.15) is 11.3 Å². The van der Waals surface area contributed by atoms with Gasteiger partial charge in [0.25, 0.3) is 0 Å². The average molecular weight is 519 g/mol. The summed E-state index contributed by atoms with van der Waals surface area (Å²) in [5.74, 6) is 0.0355. The van der Waals surface area contributed by atoms with Gasteiger partial charge < -0.3 is 18.3 Å². The summed E-state index contributed by atoms with van der Waals surface area (Å²) in [7, 11) is 1.49. The van der Waals surface area contributed by atoms with Crippen LogP contribution in [0.25, 0.3) is 33.1 Å². The minimum atomic E-state index is -0.665.